The molecule has 8 heteroatoms. The Balaban J connectivity index is 1.93. The first-order valence-electron chi connectivity index (χ1n) is 7.65. The zero-order chi connectivity index (χ0) is 17.9. The molecule has 0 amide bonds. The van der Waals surface area contributed by atoms with E-state index in [9.17, 15) is 8.42 Å². The van der Waals surface area contributed by atoms with E-state index in [1.165, 1.54) is 12.1 Å². The van der Waals surface area contributed by atoms with Crippen molar-refractivity contribution in [1.29, 1.82) is 5.26 Å². The van der Waals surface area contributed by atoms with Gasteiger partial charge >= 0.3 is 0 Å². The Morgan fingerprint density at radius 2 is 1.88 bits per heavy atom. The molecule has 6 nitrogen and oxygen atoms in total. The molecule has 25 heavy (non-hydrogen) atoms. The largest absolute Gasteiger partial charge is 0.378 e. The summed E-state index contributed by atoms with van der Waals surface area (Å²) >= 11 is 6.17. The van der Waals surface area contributed by atoms with E-state index >= 15 is 0 Å². The molecule has 1 heterocycles. The third kappa shape index (κ3) is 3.87. The van der Waals surface area contributed by atoms with Gasteiger partial charge < -0.3 is 9.64 Å². The minimum absolute atomic E-state index is 0.0784. The summed E-state index contributed by atoms with van der Waals surface area (Å²) in [5, 5.41) is 9.42. The molecule has 0 aliphatic carbocycles. The molecular formula is C17H16ClN3O3S. The van der Waals surface area contributed by atoms with Gasteiger partial charge in [0.05, 0.1) is 29.5 Å². The maximum Gasteiger partial charge on any atom is 0.263 e. The molecule has 1 fully saturated rings. The van der Waals surface area contributed by atoms with E-state index in [1.807, 2.05) is 12.1 Å². The highest BCUT2D eigenvalue weighted by atomic mass is 35.5. The molecule has 0 saturated carbocycles. The Morgan fingerprint density at radius 1 is 1.16 bits per heavy atom. The van der Waals surface area contributed by atoms with Gasteiger partial charge in [-0.15, -0.1) is 0 Å². The van der Waals surface area contributed by atoms with Crippen LogP contribution in [-0.2, 0) is 14.8 Å². The number of nitrogens with one attached hydrogen (secondary N) is 1. The molecule has 0 unspecified atom stereocenters. The van der Waals surface area contributed by atoms with Crippen molar-refractivity contribution in [3.05, 3.63) is 53.1 Å². The monoisotopic (exact) mass is 377 g/mol. The first-order valence-corrected chi connectivity index (χ1v) is 9.51. The highest BCUT2D eigenvalue weighted by Gasteiger charge is 2.20. The van der Waals surface area contributed by atoms with Gasteiger partial charge in [0.1, 0.15) is 11.0 Å². The third-order valence-corrected chi connectivity index (χ3v) is 5.62. The van der Waals surface area contributed by atoms with Gasteiger partial charge in [-0.1, -0.05) is 23.7 Å². The van der Waals surface area contributed by atoms with Crippen molar-refractivity contribution in [2.75, 3.05) is 35.9 Å². The molecule has 0 bridgehead atoms. The average molecular weight is 378 g/mol. The molecule has 1 aliphatic rings. The summed E-state index contributed by atoms with van der Waals surface area (Å²) < 4.78 is 33.2. The van der Waals surface area contributed by atoms with E-state index in [2.05, 4.69) is 9.62 Å². The highest BCUT2D eigenvalue weighted by Crippen LogP contribution is 2.30. The van der Waals surface area contributed by atoms with Crippen LogP contribution in [0.4, 0.5) is 11.4 Å². The minimum Gasteiger partial charge on any atom is -0.378 e. The Kier molecular flexibility index (Phi) is 5.13. The fourth-order valence-electron chi connectivity index (χ4n) is 2.60. The van der Waals surface area contributed by atoms with Crippen LogP contribution in [0.3, 0.4) is 0 Å². The molecule has 1 saturated heterocycles. The number of nitriles is 1. The van der Waals surface area contributed by atoms with Crippen LogP contribution >= 0.6 is 11.6 Å². The lowest BCUT2D eigenvalue weighted by Crippen LogP contribution is -2.36. The molecule has 2 aromatic rings. The molecule has 1 aliphatic heterocycles. The van der Waals surface area contributed by atoms with Crippen LogP contribution in [0.1, 0.15) is 5.56 Å². The summed E-state index contributed by atoms with van der Waals surface area (Å²) in [7, 11) is -3.93. The van der Waals surface area contributed by atoms with Crippen molar-refractivity contribution in [1.82, 2.24) is 0 Å². The van der Waals surface area contributed by atoms with Gasteiger partial charge in [-0.3, -0.25) is 4.72 Å². The van der Waals surface area contributed by atoms with Gasteiger partial charge in [0.2, 0.25) is 0 Å². The summed E-state index contributed by atoms with van der Waals surface area (Å²) in [6.07, 6.45) is 0. The molecule has 0 atom stereocenters. The number of anilines is 2. The van der Waals surface area contributed by atoms with Crippen molar-refractivity contribution in [3.8, 4) is 6.07 Å². The van der Waals surface area contributed by atoms with E-state index in [0.717, 1.165) is 18.8 Å². The first-order chi connectivity index (χ1) is 12.0. The second-order valence-electron chi connectivity index (χ2n) is 5.48. The van der Waals surface area contributed by atoms with E-state index in [0.29, 0.717) is 13.2 Å². The van der Waals surface area contributed by atoms with Crippen LogP contribution in [-0.4, -0.2) is 34.7 Å². The molecular weight excluding hydrogens is 362 g/mol. The van der Waals surface area contributed by atoms with Gasteiger partial charge in [0.25, 0.3) is 10.0 Å². The fourth-order valence-corrected chi connectivity index (χ4v) is 4.05. The number of ether oxygens (including phenoxy) is 1. The van der Waals surface area contributed by atoms with Crippen LogP contribution in [0.15, 0.2) is 47.4 Å². The zero-order valence-corrected chi connectivity index (χ0v) is 14.8. The molecule has 0 spiro atoms. The van der Waals surface area contributed by atoms with Crippen molar-refractivity contribution in [2.45, 2.75) is 4.90 Å². The molecule has 0 aromatic heterocycles. The van der Waals surface area contributed by atoms with Crippen molar-refractivity contribution >= 4 is 33.0 Å². The Labute approximate surface area is 151 Å². The maximum absolute atomic E-state index is 12.7. The molecule has 0 radical (unpaired) electrons. The first kappa shape index (κ1) is 17.5. The van der Waals surface area contributed by atoms with Gasteiger partial charge in [-0.2, -0.15) is 5.26 Å². The number of sulfonamides is 1. The zero-order valence-electron chi connectivity index (χ0n) is 13.3. The van der Waals surface area contributed by atoms with Crippen molar-refractivity contribution < 1.29 is 13.2 Å². The SMILES string of the molecule is N#Cc1ccccc1S(=O)(=O)Nc1cc(N2CCOCC2)ccc1Cl. The van der Waals surface area contributed by atoms with Crippen molar-refractivity contribution in [3.63, 3.8) is 0 Å². The van der Waals surface area contributed by atoms with E-state index in [4.69, 9.17) is 21.6 Å². The predicted octanol–water partition coefficient (Wildman–Crippen LogP) is 2.85. The minimum atomic E-state index is -3.93. The molecule has 2 aromatic carbocycles. The second-order valence-corrected chi connectivity index (χ2v) is 7.54. The van der Waals surface area contributed by atoms with Crippen LogP contribution in [0, 0.1) is 11.3 Å². The summed E-state index contributed by atoms with van der Waals surface area (Å²) in [4.78, 5) is 2.02. The number of morpholine rings is 1. The predicted molar refractivity (Wildman–Crippen MR) is 96.4 cm³/mol. The maximum atomic E-state index is 12.7. The van der Waals surface area contributed by atoms with Gasteiger partial charge in [0, 0.05) is 18.8 Å². The second kappa shape index (κ2) is 7.31. The molecule has 3 rings (SSSR count). The Hall–Kier alpha value is -2.27. The van der Waals surface area contributed by atoms with E-state index < -0.39 is 10.0 Å². The van der Waals surface area contributed by atoms with Gasteiger partial charge in [-0.05, 0) is 30.3 Å². The van der Waals surface area contributed by atoms with Crippen LogP contribution < -0.4 is 9.62 Å². The summed E-state index contributed by atoms with van der Waals surface area (Å²) in [6, 6.07) is 13.1. The van der Waals surface area contributed by atoms with Crippen LogP contribution in [0.5, 0.6) is 0 Å². The fraction of sp³-hybridized carbons (Fsp3) is 0.235. The summed E-state index contributed by atoms with van der Waals surface area (Å²) in [6.45, 7) is 2.70. The number of hydrogen-bond acceptors (Lipinski definition) is 5. The standard InChI is InChI=1S/C17H16ClN3O3S/c18-15-6-5-14(21-7-9-24-10-8-21)11-16(15)20-25(22,23)17-4-2-1-3-13(17)12-19/h1-6,11,20H,7-10H2. The average Bonchev–Trinajstić information content (AvgIpc) is 2.64. The van der Waals surface area contributed by atoms with E-state index in [1.54, 1.807) is 24.3 Å². The number of halogens is 1. The lowest BCUT2D eigenvalue weighted by molar-refractivity contribution is 0.122. The topological polar surface area (TPSA) is 82.4 Å². The summed E-state index contributed by atoms with van der Waals surface area (Å²) in [5.74, 6) is 0. The van der Waals surface area contributed by atoms with Gasteiger partial charge in [-0.25, -0.2) is 8.42 Å². The molecule has 1 N–H and O–H groups in total. The quantitative estimate of drug-likeness (QED) is 0.885. The van der Waals surface area contributed by atoms with Crippen LogP contribution in [0.2, 0.25) is 5.02 Å². The number of benzene rings is 2. The van der Waals surface area contributed by atoms with Gasteiger partial charge in [0.15, 0.2) is 0 Å². The number of rotatable bonds is 4. The summed E-state index contributed by atoms with van der Waals surface area (Å²) in [5.41, 5.74) is 1.22. The molecule has 130 valence electrons. The number of nitrogens with zero attached hydrogens (tertiary/aromatic N) is 2. The lowest BCUT2D eigenvalue weighted by atomic mass is 10.2. The highest BCUT2D eigenvalue weighted by molar-refractivity contribution is 7.92. The normalized spacial score (nSPS) is 14.8. The Bertz CT molecular complexity index is 919. The van der Waals surface area contributed by atoms with Crippen LogP contribution in [0.25, 0.3) is 0 Å². The smallest absolute Gasteiger partial charge is 0.263 e. The third-order valence-electron chi connectivity index (χ3n) is 3.87. The Morgan fingerprint density at radius 3 is 2.60 bits per heavy atom. The number of hydrogen-bond donors (Lipinski definition) is 1. The van der Waals surface area contributed by atoms with E-state index in [-0.39, 0.29) is 21.2 Å². The van der Waals surface area contributed by atoms with Crippen molar-refractivity contribution in [2.24, 2.45) is 0 Å². The lowest BCUT2D eigenvalue weighted by Gasteiger charge is -2.29.